The molecule has 0 spiro atoms. The van der Waals surface area contributed by atoms with Crippen molar-refractivity contribution < 1.29 is 13.5 Å². The molecule has 0 aliphatic carbocycles. The summed E-state index contributed by atoms with van der Waals surface area (Å²) in [5.74, 6) is 0.208. The molecule has 0 saturated heterocycles. The number of anilines is 1. The molecule has 6 heteroatoms. The molecule has 0 bridgehead atoms. The minimum atomic E-state index is -2.64. The summed E-state index contributed by atoms with van der Waals surface area (Å²) in [5.41, 5.74) is 5.67. The van der Waals surface area contributed by atoms with E-state index in [0.29, 0.717) is 11.0 Å². The summed E-state index contributed by atoms with van der Waals surface area (Å²) in [6, 6.07) is 0. The van der Waals surface area contributed by atoms with Gasteiger partial charge in [-0.2, -0.15) is 0 Å². The molecule has 0 atom stereocenters. The third kappa shape index (κ3) is 1.95. The zero-order chi connectivity index (χ0) is 10.7. The summed E-state index contributed by atoms with van der Waals surface area (Å²) < 4.78 is 29.7. The maximum atomic E-state index is 12.4. The van der Waals surface area contributed by atoms with Crippen molar-refractivity contribution >= 4 is 21.6 Å². The molecular weight excluding hydrogens is 258 g/mol. The Balaban J connectivity index is 3.27. The molecule has 1 heterocycles. The third-order valence-electron chi connectivity index (χ3n) is 1.74. The number of pyridine rings is 1. The van der Waals surface area contributed by atoms with Crippen LogP contribution in [-0.4, -0.2) is 12.1 Å². The van der Waals surface area contributed by atoms with Gasteiger partial charge in [-0.25, -0.2) is 8.78 Å². The van der Waals surface area contributed by atoms with E-state index in [4.69, 9.17) is 10.5 Å². The first kappa shape index (κ1) is 11.2. The molecule has 14 heavy (non-hydrogen) atoms. The number of rotatable bonds is 3. The van der Waals surface area contributed by atoms with Gasteiger partial charge in [0.2, 0.25) is 0 Å². The van der Waals surface area contributed by atoms with E-state index in [2.05, 4.69) is 20.9 Å². The summed E-state index contributed by atoms with van der Waals surface area (Å²) in [4.78, 5) is 3.82. The number of methoxy groups -OCH3 is 1. The number of hydrogen-bond donors (Lipinski definition) is 1. The van der Waals surface area contributed by atoms with Crippen LogP contribution in [0.5, 0.6) is 5.75 Å². The number of halogens is 3. The topological polar surface area (TPSA) is 48.1 Å². The number of hydrogen-bond acceptors (Lipinski definition) is 3. The molecule has 0 saturated carbocycles. The fourth-order valence-electron chi connectivity index (χ4n) is 1.06. The van der Waals surface area contributed by atoms with Crippen molar-refractivity contribution in [3.63, 3.8) is 0 Å². The van der Waals surface area contributed by atoms with Gasteiger partial charge in [0, 0.05) is 11.5 Å². The average molecular weight is 267 g/mol. The number of nitrogens with zero attached hydrogens (tertiary/aromatic N) is 1. The first-order valence-electron chi connectivity index (χ1n) is 3.77. The predicted octanol–water partition coefficient (Wildman–Crippen LogP) is 2.50. The molecule has 0 aliphatic rings. The van der Waals surface area contributed by atoms with Crippen LogP contribution in [0.4, 0.5) is 14.5 Å². The van der Waals surface area contributed by atoms with Crippen molar-refractivity contribution in [1.82, 2.24) is 4.98 Å². The van der Waals surface area contributed by atoms with Crippen LogP contribution in [0.3, 0.4) is 0 Å². The highest BCUT2D eigenvalue weighted by atomic mass is 79.9. The zero-order valence-corrected chi connectivity index (χ0v) is 9.01. The fourth-order valence-corrected chi connectivity index (χ4v) is 1.46. The summed E-state index contributed by atoms with van der Waals surface area (Å²) in [5, 5.41) is 0.407. The van der Waals surface area contributed by atoms with E-state index in [9.17, 15) is 8.78 Å². The standard InChI is InChI=1S/C8H9BrF2N2O/c1-14-7-5(2-9)13-3-4(6(7)12)8(10)11/h3,8H,2H2,1H3,(H2,12,13). The molecule has 0 fully saturated rings. The van der Waals surface area contributed by atoms with Crippen molar-refractivity contribution in [2.75, 3.05) is 12.8 Å². The Kier molecular flexibility index (Phi) is 3.62. The summed E-state index contributed by atoms with van der Waals surface area (Å²) in [6.07, 6.45) is -1.57. The molecule has 1 aromatic rings. The van der Waals surface area contributed by atoms with Gasteiger partial charge in [-0.15, -0.1) is 0 Å². The average Bonchev–Trinajstić information content (AvgIpc) is 2.16. The molecule has 0 unspecified atom stereocenters. The smallest absolute Gasteiger partial charge is 0.267 e. The van der Waals surface area contributed by atoms with E-state index in [1.807, 2.05) is 0 Å². The van der Waals surface area contributed by atoms with Crippen LogP contribution in [0.2, 0.25) is 0 Å². The minimum absolute atomic E-state index is 0.0491. The third-order valence-corrected chi connectivity index (χ3v) is 2.27. The number of nitrogens with two attached hydrogens (primary N) is 1. The largest absolute Gasteiger partial charge is 0.493 e. The second-order valence-electron chi connectivity index (χ2n) is 2.54. The van der Waals surface area contributed by atoms with Gasteiger partial charge in [0.05, 0.1) is 24.1 Å². The predicted molar refractivity (Wildman–Crippen MR) is 52.8 cm³/mol. The highest BCUT2D eigenvalue weighted by molar-refractivity contribution is 9.08. The van der Waals surface area contributed by atoms with Gasteiger partial charge in [0.1, 0.15) is 0 Å². The molecule has 1 aromatic heterocycles. The van der Waals surface area contributed by atoms with Gasteiger partial charge in [-0.05, 0) is 0 Å². The molecule has 78 valence electrons. The minimum Gasteiger partial charge on any atom is -0.493 e. The van der Waals surface area contributed by atoms with Crippen molar-refractivity contribution in [1.29, 1.82) is 0 Å². The Bertz CT molecular complexity index is 333. The van der Waals surface area contributed by atoms with Crippen LogP contribution in [0, 0.1) is 0 Å². The van der Waals surface area contributed by atoms with Crippen molar-refractivity contribution in [3.05, 3.63) is 17.5 Å². The van der Waals surface area contributed by atoms with Crippen molar-refractivity contribution in [3.8, 4) is 5.75 Å². The lowest BCUT2D eigenvalue weighted by Gasteiger charge is -2.11. The lowest BCUT2D eigenvalue weighted by atomic mass is 10.2. The van der Waals surface area contributed by atoms with E-state index in [0.717, 1.165) is 6.20 Å². The lowest BCUT2D eigenvalue weighted by Crippen LogP contribution is -2.03. The van der Waals surface area contributed by atoms with E-state index in [1.54, 1.807) is 0 Å². The summed E-state index contributed by atoms with van der Waals surface area (Å²) in [7, 11) is 1.37. The number of alkyl halides is 3. The number of aromatic nitrogens is 1. The van der Waals surface area contributed by atoms with Crippen LogP contribution < -0.4 is 10.5 Å². The number of nitrogen functional groups attached to an aromatic ring is 1. The van der Waals surface area contributed by atoms with Gasteiger partial charge in [-0.3, -0.25) is 4.98 Å². The molecule has 3 nitrogen and oxygen atoms in total. The molecular formula is C8H9BrF2N2O. The van der Waals surface area contributed by atoms with Crippen LogP contribution in [-0.2, 0) is 5.33 Å². The Hall–Kier alpha value is -0.910. The molecule has 0 aliphatic heterocycles. The maximum absolute atomic E-state index is 12.4. The highest BCUT2D eigenvalue weighted by Crippen LogP contribution is 2.34. The first-order valence-corrected chi connectivity index (χ1v) is 4.89. The van der Waals surface area contributed by atoms with E-state index in [1.165, 1.54) is 7.11 Å². The molecule has 0 radical (unpaired) electrons. The number of ether oxygens (including phenoxy) is 1. The van der Waals surface area contributed by atoms with Gasteiger partial charge in [0.25, 0.3) is 6.43 Å². The second kappa shape index (κ2) is 4.54. The monoisotopic (exact) mass is 266 g/mol. The van der Waals surface area contributed by atoms with Crippen LogP contribution in [0.1, 0.15) is 17.7 Å². The SMILES string of the molecule is COc1c(CBr)ncc(C(F)F)c1N. The van der Waals surface area contributed by atoms with Crippen LogP contribution >= 0.6 is 15.9 Å². The Morgan fingerprint density at radius 2 is 2.29 bits per heavy atom. The lowest BCUT2D eigenvalue weighted by molar-refractivity contribution is 0.151. The Morgan fingerprint density at radius 1 is 1.64 bits per heavy atom. The van der Waals surface area contributed by atoms with Crippen LogP contribution in [0.25, 0.3) is 0 Å². The first-order chi connectivity index (χ1) is 6.61. The van der Waals surface area contributed by atoms with Gasteiger partial charge >= 0.3 is 0 Å². The fraction of sp³-hybridized carbons (Fsp3) is 0.375. The van der Waals surface area contributed by atoms with Gasteiger partial charge in [0.15, 0.2) is 5.75 Å². The van der Waals surface area contributed by atoms with Gasteiger partial charge in [-0.1, -0.05) is 15.9 Å². The van der Waals surface area contributed by atoms with E-state index < -0.39 is 6.43 Å². The second-order valence-corrected chi connectivity index (χ2v) is 3.10. The highest BCUT2D eigenvalue weighted by Gasteiger charge is 2.18. The quantitative estimate of drug-likeness (QED) is 0.856. The molecule has 1 rings (SSSR count). The van der Waals surface area contributed by atoms with Crippen molar-refractivity contribution in [2.45, 2.75) is 11.8 Å². The normalized spacial score (nSPS) is 10.6. The Morgan fingerprint density at radius 3 is 2.71 bits per heavy atom. The zero-order valence-electron chi connectivity index (χ0n) is 7.43. The maximum Gasteiger partial charge on any atom is 0.267 e. The van der Waals surface area contributed by atoms with E-state index >= 15 is 0 Å². The van der Waals surface area contributed by atoms with Crippen molar-refractivity contribution in [2.24, 2.45) is 0 Å². The Labute approximate surface area is 88.4 Å². The van der Waals surface area contributed by atoms with E-state index in [-0.39, 0.29) is 17.0 Å². The summed E-state index contributed by atoms with van der Waals surface area (Å²) in [6.45, 7) is 0. The van der Waals surface area contributed by atoms with Gasteiger partial charge < -0.3 is 10.5 Å². The molecule has 0 amide bonds. The van der Waals surface area contributed by atoms with Crippen LogP contribution in [0.15, 0.2) is 6.20 Å². The molecule has 2 N–H and O–H groups in total. The summed E-state index contributed by atoms with van der Waals surface area (Å²) >= 11 is 3.16. The molecule has 0 aromatic carbocycles.